The van der Waals surface area contributed by atoms with E-state index in [1.807, 2.05) is 30.3 Å². The molecular weight excluding hydrogens is 472 g/mol. The number of fused-ring (bicyclic) bond motifs is 1. The number of benzene rings is 2. The standard InChI is InChI=1S/C26H28O10/c1-13-16(34-25-19(28)18(27)22(32-4)26(2,3)36-25)11-10-15-20(13)35-24(31)17(23(29)30)21(15)33-12-14-8-6-5-7-9-14/h5-11,18-19,22,25,27-28H,12H2,1-4H3,(H,29,30)/t18-,19+,22+,25+/m0/s1. The molecule has 0 amide bonds. The molecule has 3 aromatic rings. The van der Waals surface area contributed by atoms with Crippen LogP contribution in [0.25, 0.3) is 11.0 Å². The highest BCUT2D eigenvalue weighted by molar-refractivity contribution is 5.99. The zero-order valence-corrected chi connectivity index (χ0v) is 20.3. The molecule has 1 fully saturated rings. The number of aliphatic hydroxyl groups excluding tert-OH is 2. The van der Waals surface area contributed by atoms with Crippen molar-refractivity contribution in [2.45, 2.75) is 57.6 Å². The maximum atomic E-state index is 12.6. The Kier molecular flexibility index (Phi) is 7.05. The molecule has 36 heavy (non-hydrogen) atoms. The SMILES string of the molecule is CO[C@@H]1[C@@H](O)[C@@H](O)[C@H](Oc2ccc3c(OCc4ccccc4)c(C(=O)O)c(=O)oc3c2C)OC1(C)C. The average molecular weight is 501 g/mol. The van der Waals surface area contributed by atoms with Gasteiger partial charge in [-0.05, 0) is 38.5 Å². The molecular formula is C26H28O10. The fourth-order valence-electron chi connectivity index (χ4n) is 4.38. The van der Waals surface area contributed by atoms with Gasteiger partial charge in [-0.2, -0.15) is 0 Å². The largest absolute Gasteiger partial charge is 0.487 e. The molecule has 1 aliphatic rings. The normalized spacial score (nSPS) is 23.4. The molecule has 10 heteroatoms. The summed E-state index contributed by atoms with van der Waals surface area (Å²) in [6.45, 7) is 5.04. The van der Waals surface area contributed by atoms with E-state index in [1.54, 1.807) is 20.8 Å². The first-order valence-corrected chi connectivity index (χ1v) is 11.3. The van der Waals surface area contributed by atoms with Crippen LogP contribution in [-0.2, 0) is 16.1 Å². The quantitative estimate of drug-likeness (QED) is 0.414. The van der Waals surface area contributed by atoms with Gasteiger partial charge in [-0.15, -0.1) is 0 Å². The Morgan fingerprint density at radius 2 is 1.78 bits per heavy atom. The van der Waals surface area contributed by atoms with Gasteiger partial charge in [0.1, 0.15) is 36.3 Å². The van der Waals surface area contributed by atoms with Crippen LogP contribution in [0.1, 0.15) is 35.3 Å². The lowest BCUT2D eigenvalue weighted by Crippen LogP contribution is -2.63. The summed E-state index contributed by atoms with van der Waals surface area (Å²) < 4.78 is 28.2. The number of aliphatic hydroxyl groups is 2. The average Bonchev–Trinajstić information content (AvgIpc) is 2.83. The first-order valence-electron chi connectivity index (χ1n) is 11.3. The summed E-state index contributed by atoms with van der Waals surface area (Å²) in [4.78, 5) is 24.5. The van der Waals surface area contributed by atoms with Gasteiger partial charge in [0.2, 0.25) is 6.29 Å². The van der Waals surface area contributed by atoms with E-state index >= 15 is 0 Å². The van der Waals surface area contributed by atoms with E-state index in [0.29, 0.717) is 5.56 Å². The zero-order valence-electron chi connectivity index (χ0n) is 20.3. The monoisotopic (exact) mass is 500 g/mol. The van der Waals surface area contributed by atoms with Crippen molar-refractivity contribution >= 4 is 16.9 Å². The highest BCUT2D eigenvalue weighted by Crippen LogP contribution is 2.37. The van der Waals surface area contributed by atoms with Crippen molar-refractivity contribution in [1.82, 2.24) is 0 Å². The van der Waals surface area contributed by atoms with Crippen molar-refractivity contribution in [3.05, 3.63) is 69.6 Å². The summed E-state index contributed by atoms with van der Waals surface area (Å²) >= 11 is 0. The second-order valence-corrected chi connectivity index (χ2v) is 9.08. The second-order valence-electron chi connectivity index (χ2n) is 9.08. The number of aryl methyl sites for hydroxylation is 1. The molecule has 3 N–H and O–H groups in total. The molecule has 2 heterocycles. The predicted octanol–water partition coefficient (Wildman–Crippen LogP) is 2.63. The van der Waals surface area contributed by atoms with Crippen LogP contribution < -0.4 is 15.1 Å². The number of ether oxygens (including phenoxy) is 4. The van der Waals surface area contributed by atoms with Gasteiger partial charge in [0.05, 0.1) is 11.0 Å². The van der Waals surface area contributed by atoms with Crippen LogP contribution in [0.15, 0.2) is 51.7 Å². The molecule has 0 aliphatic carbocycles. The number of carboxylic acid groups (broad SMARTS) is 1. The van der Waals surface area contributed by atoms with Crippen molar-refractivity contribution in [3.8, 4) is 11.5 Å². The van der Waals surface area contributed by atoms with Crippen LogP contribution in [0.4, 0.5) is 0 Å². The molecule has 0 unspecified atom stereocenters. The van der Waals surface area contributed by atoms with Gasteiger partial charge in [-0.25, -0.2) is 9.59 Å². The topological polar surface area (TPSA) is 145 Å². The van der Waals surface area contributed by atoms with Crippen LogP contribution in [0.5, 0.6) is 11.5 Å². The first-order chi connectivity index (χ1) is 17.0. The summed E-state index contributed by atoms with van der Waals surface area (Å²) in [5.74, 6) is -1.40. The maximum absolute atomic E-state index is 12.6. The Morgan fingerprint density at radius 3 is 2.42 bits per heavy atom. The minimum atomic E-state index is -1.48. The molecule has 1 saturated heterocycles. The van der Waals surface area contributed by atoms with E-state index in [-0.39, 0.29) is 29.1 Å². The van der Waals surface area contributed by atoms with Crippen molar-refractivity contribution in [1.29, 1.82) is 0 Å². The molecule has 0 radical (unpaired) electrons. The van der Waals surface area contributed by atoms with Crippen LogP contribution in [0, 0.1) is 6.92 Å². The molecule has 0 spiro atoms. The molecule has 2 aromatic carbocycles. The highest BCUT2D eigenvalue weighted by Gasteiger charge is 2.50. The van der Waals surface area contributed by atoms with E-state index < -0.39 is 47.4 Å². The number of rotatable bonds is 7. The highest BCUT2D eigenvalue weighted by atomic mass is 16.7. The summed E-state index contributed by atoms with van der Waals surface area (Å²) in [6.07, 6.45) is -4.75. The molecule has 0 bridgehead atoms. The van der Waals surface area contributed by atoms with Crippen molar-refractivity contribution in [2.75, 3.05) is 7.11 Å². The Bertz CT molecular complexity index is 1310. The molecule has 4 rings (SSSR count). The van der Waals surface area contributed by atoms with Crippen molar-refractivity contribution in [2.24, 2.45) is 0 Å². The molecule has 4 atom stereocenters. The van der Waals surface area contributed by atoms with E-state index in [9.17, 15) is 24.9 Å². The third-order valence-corrected chi connectivity index (χ3v) is 6.21. The van der Waals surface area contributed by atoms with Crippen LogP contribution in [0.3, 0.4) is 0 Å². The fraction of sp³-hybridized carbons (Fsp3) is 0.385. The number of hydrogen-bond donors (Lipinski definition) is 3. The van der Waals surface area contributed by atoms with Gasteiger partial charge in [-0.1, -0.05) is 30.3 Å². The molecule has 0 saturated carbocycles. The second kappa shape index (κ2) is 9.90. The third-order valence-electron chi connectivity index (χ3n) is 6.21. The minimum Gasteiger partial charge on any atom is -0.487 e. The smallest absolute Gasteiger partial charge is 0.354 e. The predicted molar refractivity (Wildman–Crippen MR) is 127 cm³/mol. The number of carboxylic acids is 1. The van der Waals surface area contributed by atoms with Crippen LogP contribution >= 0.6 is 0 Å². The summed E-state index contributed by atoms with van der Waals surface area (Å²) in [5.41, 5.74) is -1.48. The van der Waals surface area contributed by atoms with E-state index in [2.05, 4.69) is 0 Å². The summed E-state index contributed by atoms with van der Waals surface area (Å²) in [7, 11) is 1.41. The van der Waals surface area contributed by atoms with Crippen molar-refractivity contribution < 1.29 is 43.5 Å². The number of carbonyl (C=O) groups is 1. The maximum Gasteiger partial charge on any atom is 0.354 e. The van der Waals surface area contributed by atoms with E-state index in [1.165, 1.54) is 19.2 Å². The Balaban J connectivity index is 1.72. The third kappa shape index (κ3) is 4.68. The van der Waals surface area contributed by atoms with Gasteiger partial charge < -0.3 is 38.7 Å². The van der Waals surface area contributed by atoms with Gasteiger partial charge >= 0.3 is 11.6 Å². The van der Waals surface area contributed by atoms with E-state index in [0.717, 1.165) is 5.56 Å². The van der Waals surface area contributed by atoms with Gasteiger partial charge in [-0.3, -0.25) is 0 Å². The molecule has 10 nitrogen and oxygen atoms in total. The lowest BCUT2D eigenvalue weighted by Gasteiger charge is -2.46. The summed E-state index contributed by atoms with van der Waals surface area (Å²) in [5, 5.41) is 31.0. The Labute approximate surface area is 206 Å². The van der Waals surface area contributed by atoms with Crippen molar-refractivity contribution in [3.63, 3.8) is 0 Å². The van der Waals surface area contributed by atoms with Gasteiger partial charge in [0.15, 0.2) is 11.3 Å². The van der Waals surface area contributed by atoms with E-state index in [4.69, 9.17) is 23.4 Å². The fourth-order valence-corrected chi connectivity index (χ4v) is 4.38. The first kappa shape index (κ1) is 25.6. The van der Waals surface area contributed by atoms with Gasteiger partial charge in [0.25, 0.3) is 0 Å². The number of aromatic carboxylic acids is 1. The lowest BCUT2D eigenvalue weighted by molar-refractivity contribution is -0.306. The summed E-state index contributed by atoms with van der Waals surface area (Å²) in [6, 6.07) is 12.1. The van der Waals surface area contributed by atoms with Crippen LogP contribution in [-0.4, -0.2) is 58.6 Å². The Morgan fingerprint density at radius 1 is 1.08 bits per heavy atom. The number of hydrogen-bond acceptors (Lipinski definition) is 9. The molecule has 192 valence electrons. The number of methoxy groups -OCH3 is 1. The van der Waals surface area contributed by atoms with Crippen LogP contribution in [0.2, 0.25) is 0 Å². The molecule has 1 aliphatic heterocycles. The Hall–Kier alpha value is -3.44. The lowest BCUT2D eigenvalue weighted by atomic mass is 9.89. The minimum absolute atomic E-state index is 0.0344. The molecule has 1 aromatic heterocycles. The zero-order chi connectivity index (χ0) is 26.2. The van der Waals surface area contributed by atoms with Gasteiger partial charge in [0, 0.05) is 12.7 Å².